The Labute approximate surface area is 398 Å². The van der Waals surface area contributed by atoms with E-state index in [9.17, 15) is 24.0 Å². The number of amides is 1. The summed E-state index contributed by atoms with van der Waals surface area (Å²) < 4.78 is 28.4. The maximum Gasteiger partial charge on any atom is 0.343 e. The zero-order chi connectivity index (χ0) is 48.3. The van der Waals surface area contributed by atoms with E-state index in [-0.39, 0.29) is 40.7 Å². The van der Waals surface area contributed by atoms with Gasteiger partial charge >= 0.3 is 17.9 Å². The van der Waals surface area contributed by atoms with Crippen molar-refractivity contribution in [2.24, 2.45) is 0 Å². The standard InChI is InChI=1S/C58H45NO10/c1-37(60)38-10-7-11-39(34-38)54(62)67-47-27-17-42(18-28-47)57(2,3)43-19-29-48(30-20-43)68-55(63)40-12-8-13-41(35-40)56(64)69-49-31-23-45(24-32-49)58(44-21-25-46(65-4)26-22-44)52-16-6-5-15-51(52)53(61)59(58)36-50-14-9-33-66-50/h5-35H,36H2,1-4H3. The Bertz CT molecular complexity index is 3210. The average molecular weight is 916 g/mol. The number of furan rings is 1. The molecule has 0 spiro atoms. The number of Topliss-reactive ketones (excluding diaryl/α,β-unsaturated/α-hetero) is 1. The number of carbonyl (C=O) groups excluding carboxylic acids is 5. The molecule has 0 radical (unpaired) electrons. The fraction of sp³-hybridized carbons (Fsp3) is 0.121. The van der Waals surface area contributed by atoms with Gasteiger partial charge in [-0.25, -0.2) is 14.4 Å². The van der Waals surface area contributed by atoms with Gasteiger partial charge in [-0.2, -0.15) is 0 Å². The van der Waals surface area contributed by atoms with Gasteiger partial charge in [-0.15, -0.1) is 0 Å². The van der Waals surface area contributed by atoms with Crippen LogP contribution in [0.4, 0.5) is 0 Å². The lowest BCUT2D eigenvalue weighted by atomic mass is 9.77. The smallest absolute Gasteiger partial charge is 0.343 e. The summed E-state index contributed by atoms with van der Waals surface area (Å²) in [6.07, 6.45) is 1.58. The lowest BCUT2D eigenvalue weighted by Gasteiger charge is -2.40. The highest BCUT2D eigenvalue weighted by atomic mass is 16.5. The van der Waals surface area contributed by atoms with Gasteiger partial charge in [0, 0.05) is 16.5 Å². The van der Waals surface area contributed by atoms with E-state index in [1.165, 1.54) is 19.1 Å². The molecule has 0 bridgehead atoms. The summed E-state index contributed by atoms with van der Waals surface area (Å²) in [6.45, 7) is 5.73. The van der Waals surface area contributed by atoms with Crippen LogP contribution in [0.1, 0.15) is 106 Å². The van der Waals surface area contributed by atoms with Crippen molar-refractivity contribution >= 4 is 29.6 Å². The van der Waals surface area contributed by atoms with Crippen LogP contribution >= 0.6 is 0 Å². The maximum absolute atomic E-state index is 14.3. The van der Waals surface area contributed by atoms with Crippen molar-refractivity contribution in [1.82, 2.24) is 4.90 Å². The van der Waals surface area contributed by atoms with Crippen LogP contribution in [0.5, 0.6) is 23.0 Å². The van der Waals surface area contributed by atoms with E-state index in [1.54, 1.807) is 97.1 Å². The normalized spacial score (nSPS) is 14.1. The predicted octanol–water partition coefficient (Wildman–Crippen LogP) is 11.4. The van der Waals surface area contributed by atoms with Crippen LogP contribution in [0.2, 0.25) is 0 Å². The molecule has 1 amide bonds. The second-order valence-corrected chi connectivity index (χ2v) is 17.0. The average Bonchev–Trinajstić information content (AvgIpc) is 3.99. The van der Waals surface area contributed by atoms with Crippen molar-refractivity contribution in [3.63, 3.8) is 0 Å². The van der Waals surface area contributed by atoms with Gasteiger partial charge in [0.2, 0.25) is 0 Å². The van der Waals surface area contributed by atoms with Crippen molar-refractivity contribution in [3.05, 3.63) is 250 Å². The lowest BCUT2D eigenvalue weighted by molar-refractivity contribution is 0.0639. The highest BCUT2D eigenvalue weighted by Gasteiger charge is 2.52. The Morgan fingerprint density at radius 3 is 1.45 bits per heavy atom. The molecule has 1 aliphatic rings. The number of esters is 3. The van der Waals surface area contributed by atoms with Gasteiger partial charge in [0.15, 0.2) is 5.78 Å². The number of hydrogen-bond acceptors (Lipinski definition) is 10. The number of rotatable bonds is 14. The van der Waals surface area contributed by atoms with E-state index >= 15 is 0 Å². The van der Waals surface area contributed by atoms with E-state index < -0.39 is 28.9 Å². The molecule has 1 unspecified atom stereocenters. The maximum atomic E-state index is 14.3. The van der Waals surface area contributed by atoms with Crippen molar-refractivity contribution in [1.29, 1.82) is 0 Å². The van der Waals surface area contributed by atoms with Crippen molar-refractivity contribution in [2.45, 2.75) is 38.3 Å². The Balaban J connectivity index is 0.878. The molecule has 8 aromatic rings. The third-order valence-corrected chi connectivity index (χ3v) is 12.5. The van der Waals surface area contributed by atoms with Crippen LogP contribution in [-0.4, -0.2) is 41.6 Å². The highest BCUT2D eigenvalue weighted by molar-refractivity contribution is 6.02. The molecule has 0 saturated carbocycles. The topological polar surface area (TPSA) is 139 Å². The summed E-state index contributed by atoms with van der Waals surface area (Å²) in [7, 11) is 1.60. The monoisotopic (exact) mass is 915 g/mol. The third kappa shape index (κ3) is 8.93. The number of fused-ring (bicyclic) bond motifs is 1. The largest absolute Gasteiger partial charge is 0.497 e. The quantitative estimate of drug-likeness (QED) is 0.0588. The second kappa shape index (κ2) is 18.8. The van der Waals surface area contributed by atoms with Crippen molar-refractivity contribution < 1.29 is 47.3 Å². The highest BCUT2D eigenvalue weighted by Crippen LogP contribution is 2.50. The molecular weight excluding hydrogens is 871 g/mol. The van der Waals surface area contributed by atoms with Crippen LogP contribution in [0.25, 0.3) is 0 Å². The van der Waals surface area contributed by atoms with E-state index in [1.807, 2.05) is 91.0 Å². The molecule has 9 rings (SSSR count). The number of methoxy groups -OCH3 is 1. The van der Waals surface area contributed by atoms with Gasteiger partial charge in [0.25, 0.3) is 5.91 Å². The summed E-state index contributed by atoms with van der Waals surface area (Å²) in [6, 6.07) is 52.7. The molecule has 11 nitrogen and oxygen atoms in total. The molecule has 1 atom stereocenters. The van der Waals surface area contributed by atoms with Gasteiger partial charge in [-0.05, 0) is 132 Å². The number of hydrogen-bond donors (Lipinski definition) is 0. The first-order chi connectivity index (χ1) is 33.3. The Morgan fingerprint density at radius 2 is 0.986 bits per heavy atom. The van der Waals surface area contributed by atoms with E-state index in [0.717, 1.165) is 27.8 Å². The van der Waals surface area contributed by atoms with Gasteiger partial charge < -0.3 is 28.3 Å². The molecule has 1 aromatic heterocycles. The summed E-state index contributed by atoms with van der Waals surface area (Å²) in [5, 5.41) is 0. The van der Waals surface area contributed by atoms with Crippen LogP contribution in [0, 0.1) is 0 Å². The van der Waals surface area contributed by atoms with Gasteiger partial charge in [0.05, 0.1) is 36.6 Å². The molecule has 69 heavy (non-hydrogen) atoms. The number of benzene rings is 7. The van der Waals surface area contributed by atoms with Crippen molar-refractivity contribution in [3.8, 4) is 23.0 Å². The van der Waals surface area contributed by atoms with Gasteiger partial charge in [-0.1, -0.05) is 98.8 Å². The van der Waals surface area contributed by atoms with E-state index in [2.05, 4.69) is 13.8 Å². The first-order valence-electron chi connectivity index (χ1n) is 22.1. The molecule has 342 valence electrons. The zero-order valence-electron chi connectivity index (χ0n) is 38.1. The lowest BCUT2D eigenvalue weighted by Crippen LogP contribution is -2.45. The Hall–Kier alpha value is -8.83. The van der Waals surface area contributed by atoms with Crippen LogP contribution in [0.3, 0.4) is 0 Å². The second-order valence-electron chi connectivity index (χ2n) is 17.0. The zero-order valence-corrected chi connectivity index (χ0v) is 38.1. The van der Waals surface area contributed by atoms with Crippen LogP contribution < -0.4 is 18.9 Å². The summed E-state index contributed by atoms with van der Waals surface area (Å²) in [4.78, 5) is 67.6. The molecule has 0 N–H and O–H groups in total. The Morgan fingerprint density at radius 1 is 0.536 bits per heavy atom. The molecule has 0 saturated heterocycles. The minimum Gasteiger partial charge on any atom is -0.497 e. The fourth-order valence-electron chi connectivity index (χ4n) is 8.74. The molecular formula is C58H45NO10. The van der Waals surface area contributed by atoms with E-state index in [4.69, 9.17) is 23.4 Å². The number of ether oxygens (including phenoxy) is 4. The first kappa shape index (κ1) is 45.3. The van der Waals surface area contributed by atoms with Crippen molar-refractivity contribution in [2.75, 3.05) is 7.11 Å². The molecule has 0 fully saturated rings. The summed E-state index contributed by atoms with van der Waals surface area (Å²) in [5.41, 5.74) is 4.26. The first-order valence-corrected chi connectivity index (χ1v) is 22.1. The molecule has 7 aromatic carbocycles. The minimum atomic E-state index is -1.08. The molecule has 11 heteroatoms. The SMILES string of the molecule is COc1ccc(C2(c3ccc(OC(=O)c4cccc(C(=O)Oc5ccc(C(C)(C)c6ccc(OC(=O)c7cccc(C(C)=O)c7)cc6)cc5)c4)cc3)c3ccccc3C(=O)N2Cc2ccco2)cc1. The van der Waals surface area contributed by atoms with Gasteiger partial charge in [0.1, 0.15) is 34.3 Å². The molecule has 1 aliphatic heterocycles. The molecule has 2 heterocycles. The van der Waals surface area contributed by atoms with E-state index in [0.29, 0.717) is 34.1 Å². The number of nitrogens with zero attached hydrogens (tertiary/aromatic N) is 1. The number of carbonyl (C=O) groups is 5. The van der Waals surface area contributed by atoms with Crippen LogP contribution in [-0.2, 0) is 17.5 Å². The van der Waals surface area contributed by atoms with Crippen LogP contribution in [0.15, 0.2) is 193 Å². The summed E-state index contributed by atoms with van der Waals surface area (Å²) >= 11 is 0. The molecule has 0 aliphatic carbocycles. The third-order valence-electron chi connectivity index (χ3n) is 12.5. The fourth-order valence-corrected chi connectivity index (χ4v) is 8.74. The number of ketones is 1. The minimum absolute atomic E-state index is 0.142. The summed E-state index contributed by atoms with van der Waals surface area (Å²) in [5.74, 6) is 0.00139. The van der Waals surface area contributed by atoms with Gasteiger partial charge in [-0.3, -0.25) is 9.59 Å². The Kier molecular flexibility index (Phi) is 12.4. The predicted molar refractivity (Wildman–Crippen MR) is 257 cm³/mol.